The number of methoxy groups -OCH3 is 1. The Hall–Kier alpha value is -3.24. The second-order valence-corrected chi connectivity index (χ2v) is 9.55. The van der Waals surface area contributed by atoms with Crippen LogP contribution in [-0.2, 0) is 22.4 Å². The number of aryl methyl sites for hydroxylation is 1. The van der Waals surface area contributed by atoms with Crippen LogP contribution in [-0.4, -0.2) is 64.9 Å². The molecule has 1 aromatic carbocycles. The average molecular weight is 481 g/mol. The van der Waals surface area contributed by atoms with Crippen molar-refractivity contribution in [2.45, 2.75) is 26.2 Å². The quantitative estimate of drug-likeness (QED) is 0.394. The second kappa shape index (κ2) is 9.55. The van der Waals surface area contributed by atoms with Crippen LogP contribution in [0.2, 0.25) is 0 Å². The van der Waals surface area contributed by atoms with Crippen LogP contribution < -0.4 is 10.1 Å². The number of nitrogens with one attached hydrogen (secondary N) is 2. The summed E-state index contributed by atoms with van der Waals surface area (Å²) in [4.78, 5) is 26.0. The fourth-order valence-electron chi connectivity index (χ4n) is 4.54. The number of nitrogens with zero attached hydrogens (tertiary/aromatic N) is 4. The van der Waals surface area contributed by atoms with Crippen molar-refractivity contribution in [3.8, 4) is 5.75 Å². The molecular weight excluding hydrogens is 452 g/mol. The lowest BCUT2D eigenvalue weighted by Gasteiger charge is -2.26. The first-order valence-electron chi connectivity index (χ1n) is 11.4. The van der Waals surface area contributed by atoms with Gasteiger partial charge in [0.25, 0.3) is 0 Å². The molecule has 0 unspecified atom stereocenters. The van der Waals surface area contributed by atoms with Gasteiger partial charge < -0.3 is 19.7 Å². The van der Waals surface area contributed by atoms with E-state index in [1.54, 1.807) is 35.9 Å². The molecule has 1 amide bonds. The molecule has 3 heterocycles. The topological polar surface area (TPSA) is 105 Å². The maximum absolute atomic E-state index is 12.9. The number of hydrogen-bond donors (Lipinski definition) is 2. The first-order valence-corrected chi connectivity index (χ1v) is 12.3. The summed E-state index contributed by atoms with van der Waals surface area (Å²) >= 11 is 1.66. The highest BCUT2D eigenvalue weighted by Gasteiger charge is 2.30. The number of hydrogen-bond acceptors (Lipinski definition) is 8. The smallest absolute Gasteiger partial charge is 0.225 e. The third-order valence-electron chi connectivity index (χ3n) is 6.29. The Morgan fingerprint density at radius 1 is 1.35 bits per heavy atom. The predicted octanol–water partition coefficient (Wildman–Crippen LogP) is 3.92. The minimum absolute atomic E-state index is 0.0140. The highest BCUT2D eigenvalue weighted by atomic mass is 32.1. The number of benzene rings is 1. The summed E-state index contributed by atoms with van der Waals surface area (Å²) < 4.78 is 11.0. The largest absolute Gasteiger partial charge is 0.492 e. The Labute approximate surface area is 201 Å². The van der Waals surface area contributed by atoms with Gasteiger partial charge in [0.15, 0.2) is 0 Å². The van der Waals surface area contributed by atoms with Gasteiger partial charge >= 0.3 is 0 Å². The van der Waals surface area contributed by atoms with Gasteiger partial charge in [0.1, 0.15) is 22.7 Å². The standard InChI is InChI=1S/C24H28N6O3S/c1-4-33-19-11-17-15(12-27-29-17)9-18(19)28-22-21-16-6-5-14(24(31)30(2)7-8-32-3)10-20(16)34-23(21)26-13-25-22/h9,11-14H,4-8,10H2,1-3H3,(H,27,29)(H,25,26,28)/t14-/m0/s1. The number of likely N-dealkylation sites (N-methyl/N-ethyl adjacent to an activating group) is 1. The number of fused-ring (bicyclic) bond motifs is 4. The Morgan fingerprint density at radius 3 is 3.06 bits per heavy atom. The monoisotopic (exact) mass is 480 g/mol. The summed E-state index contributed by atoms with van der Waals surface area (Å²) in [5, 5.41) is 12.6. The molecule has 2 N–H and O–H groups in total. The number of carbonyl (C=O) groups excluding carboxylic acids is 1. The van der Waals surface area contributed by atoms with Gasteiger partial charge in [0.05, 0.1) is 36.0 Å². The molecular formula is C24H28N6O3S. The zero-order chi connectivity index (χ0) is 23.7. The van der Waals surface area contributed by atoms with Crippen LogP contribution in [0.1, 0.15) is 23.8 Å². The van der Waals surface area contributed by atoms with E-state index in [1.165, 1.54) is 10.4 Å². The minimum atomic E-state index is -0.0140. The number of H-pyrrole nitrogens is 1. The molecule has 9 nitrogen and oxygen atoms in total. The van der Waals surface area contributed by atoms with E-state index in [9.17, 15) is 4.79 Å². The van der Waals surface area contributed by atoms with Gasteiger partial charge in [-0.2, -0.15) is 5.10 Å². The van der Waals surface area contributed by atoms with E-state index in [1.807, 2.05) is 26.1 Å². The van der Waals surface area contributed by atoms with E-state index in [0.717, 1.165) is 57.6 Å². The summed E-state index contributed by atoms with van der Waals surface area (Å²) in [6.07, 6.45) is 5.75. The number of carbonyl (C=O) groups is 1. The van der Waals surface area contributed by atoms with Gasteiger partial charge in [-0.05, 0) is 37.8 Å². The van der Waals surface area contributed by atoms with Crippen molar-refractivity contribution in [2.24, 2.45) is 5.92 Å². The lowest BCUT2D eigenvalue weighted by molar-refractivity contribution is -0.135. The third kappa shape index (κ3) is 4.19. The van der Waals surface area contributed by atoms with Crippen LogP contribution in [0, 0.1) is 5.92 Å². The summed E-state index contributed by atoms with van der Waals surface area (Å²) in [5.74, 6) is 1.66. The molecule has 4 aromatic rings. The molecule has 0 spiro atoms. The molecule has 1 aliphatic rings. The van der Waals surface area contributed by atoms with Gasteiger partial charge in [0, 0.05) is 42.9 Å². The molecule has 0 bridgehead atoms. The lowest BCUT2D eigenvalue weighted by Crippen LogP contribution is -2.37. The lowest BCUT2D eigenvalue weighted by atomic mass is 9.87. The number of anilines is 2. The van der Waals surface area contributed by atoms with E-state index in [0.29, 0.717) is 19.8 Å². The van der Waals surface area contributed by atoms with Crippen molar-refractivity contribution in [3.05, 3.63) is 35.1 Å². The van der Waals surface area contributed by atoms with Crippen LogP contribution in [0.15, 0.2) is 24.7 Å². The van der Waals surface area contributed by atoms with Gasteiger partial charge in [-0.1, -0.05) is 0 Å². The van der Waals surface area contributed by atoms with Crippen LogP contribution in [0.25, 0.3) is 21.1 Å². The van der Waals surface area contributed by atoms with E-state index in [-0.39, 0.29) is 11.8 Å². The van der Waals surface area contributed by atoms with Crippen LogP contribution in [0.5, 0.6) is 5.75 Å². The van der Waals surface area contributed by atoms with Gasteiger partial charge in [-0.15, -0.1) is 11.3 Å². The summed E-state index contributed by atoms with van der Waals surface area (Å²) in [6, 6.07) is 3.97. The molecule has 34 heavy (non-hydrogen) atoms. The molecule has 10 heteroatoms. The number of rotatable bonds is 8. The number of amides is 1. The summed E-state index contributed by atoms with van der Waals surface area (Å²) in [6.45, 7) is 3.66. The highest BCUT2D eigenvalue weighted by Crippen LogP contribution is 2.42. The van der Waals surface area contributed by atoms with Gasteiger partial charge in [-0.3, -0.25) is 9.89 Å². The van der Waals surface area contributed by atoms with Crippen molar-refractivity contribution in [3.63, 3.8) is 0 Å². The Balaban J connectivity index is 1.46. The molecule has 0 fully saturated rings. The average Bonchev–Trinajstić information content (AvgIpc) is 3.46. The van der Waals surface area contributed by atoms with E-state index < -0.39 is 0 Å². The minimum Gasteiger partial charge on any atom is -0.492 e. The summed E-state index contributed by atoms with van der Waals surface area (Å²) in [7, 11) is 3.50. The van der Waals surface area contributed by atoms with E-state index in [4.69, 9.17) is 9.47 Å². The maximum atomic E-state index is 12.9. The maximum Gasteiger partial charge on any atom is 0.225 e. The number of ether oxygens (including phenoxy) is 2. The highest BCUT2D eigenvalue weighted by molar-refractivity contribution is 7.19. The van der Waals surface area contributed by atoms with Crippen molar-refractivity contribution in [1.82, 2.24) is 25.1 Å². The van der Waals surface area contributed by atoms with Gasteiger partial charge in [-0.25, -0.2) is 9.97 Å². The number of thiophene rings is 1. The molecule has 0 radical (unpaired) electrons. The molecule has 5 rings (SSSR count). The second-order valence-electron chi connectivity index (χ2n) is 8.46. The molecule has 0 saturated carbocycles. The Bertz CT molecular complexity index is 1330. The Morgan fingerprint density at radius 2 is 2.24 bits per heavy atom. The zero-order valence-corrected chi connectivity index (χ0v) is 20.4. The third-order valence-corrected chi connectivity index (χ3v) is 7.46. The first-order chi connectivity index (χ1) is 16.6. The normalized spacial score (nSPS) is 15.4. The van der Waals surface area contributed by atoms with Gasteiger partial charge in [0.2, 0.25) is 5.91 Å². The fraction of sp³-hybridized carbons (Fsp3) is 0.417. The molecule has 1 aliphatic carbocycles. The predicted molar refractivity (Wildman–Crippen MR) is 133 cm³/mol. The number of aromatic amines is 1. The van der Waals surface area contributed by atoms with Crippen molar-refractivity contribution < 1.29 is 14.3 Å². The zero-order valence-electron chi connectivity index (χ0n) is 19.6. The molecule has 3 aromatic heterocycles. The first kappa shape index (κ1) is 22.5. The van der Waals surface area contributed by atoms with E-state index in [2.05, 4.69) is 25.5 Å². The van der Waals surface area contributed by atoms with Crippen molar-refractivity contribution >= 4 is 49.9 Å². The van der Waals surface area contributed by atoms with Crippen LogP contribution >= 0.6 is 11.3 Å². The Kier molecular flexibility index (Phi) is 6.34. The van der Waals surface area contributed by atoms with Crippen LogP contribution in [0.4, 0.5) is 11.5 Å². The fourth-order valence-corrected chi connectivity index (χ4v) is 5.80. The summed E-state index contributed by atoms with van der Waals surface area (Å²) in [5.41, 5.74) is 2.99. The van der Waals surface area contributed by atoms with Crippen molar-refractivity contribution in [1.29, 1.82) is 0 Å². The molecule has 178 valence electrons. The van der Waals surface area contributed by atoms with Crippen LogP contribution in [0.3, 0.4) is 0 Å². The number of aromatic nitrogens is 4. The molecule has 0 aliphatic heterocycles. The van der Waals surface area contributed by atoms with E-state index >= 15 is 0 Å². The molecule has 0 saturated heterocycles. The molecule has 1 atom stereocenters. The SMILES string of the molecule is CCOc1cc2[nH]ncc2cc1Nc1ncnc2sc3c(c12)CC[C@H](C(=O)N(C)CCOC)C3. The van der Waals surface area contributed by atoms with Crippen molar-refractivity contribution in [2.75, 3.05) is 39.2 Å².